The predicted octanol–water partition coefficient (Wildman–Crippen LogP) is 5.56. The van der Waals surface area contributed by atoms with Crippen LogP contribution >= 0.6 is 11.6 Å². The Kier molecular flexibility index (Phi) is 4.65. The molecule has 0 aromatic heterocycles. The Balaban J connectivity index is 2.06. The lowest BCUT2D eigenvalue weighted by molar-refractivity contribution is -0.130. The standard InChI is InChI=1S/C21H20ClF2NO/c1-12-13(2)25(20(26)19(12)15-7-5-6-8-17(15)23)21(3,4)14-9-10-18(24)16(22)11-14/h5-11,13H,1-4H3. The van der Waals surface area contributed by atoms with Crippen molar-refractivity contribution in [3.63, 3.8) is 0 Å². The van der Waals surface area contributed by atoms with Crippen molar-refractivity contribution < 1.29 is 13.6 Å². The van der Waals surface area contributed by atoms with Gasteiger partial charge in [0.25, 0.3) is 5.91 Å². The summed E-state index contributed by atoms with van der Waals surface area (Å²) in [4.78, 5) is 14.9. The summed E-state index contributed by atoms with van der Waals surface area (Å²) in [5.41, 5.74) is 1.46. The number of benzene rings is 2. The summed E-state index contributed by atoms with van der Waals surface area (Å²) < 4.78 is 27.8. The highest BCUT2D eigenvalue weighted by Gasteiger charge is 2.44. The van der Waals surface area contributed by atoms with Gasteiger partial charge in [-0.25, -0.2) is 8.78 Å². The number of carbonyl (C=O) groups excluding carboxylic acids is 1. The second-order valence-electron chi connectivity index (χ2n) is 7.08. The molecule has 0 spiro atoms. The van der Waals surface area contributed by atoms with Crippen LogP contribution in [0.3, 0.4) is 0 Å². The number of carbonyl (C=O) groups is 1. The third-order valence-electron chi connectivity index (χ3n) is 5.21. The first-order chi connectivity index (χ1) is 12.2. The monoisotopic (exact) mass is 375 g/mol. The van der Waals surface area contributed by atoms with Gasteiger partial charge in [-0.1, -0.05) is 35.9 Å². The maximum absolute atomic E-state index is 14.3. The van der Waals surface area contributed by atoms with Gasteiger partial charge in [-0.15, -0.1) is 0 Å². The van der Waals surface area contributed by atoms with E-state index in [1.807, 2.05) is 27.7 Å². The molecule has 2 aromatic carbocycles. The minimum Gasteiger partial charge on any atom is -0.323 e. The molecule has 1 aliphatic heterocycles. The topological polar surface area (TPSA) is 20.3 Å². The zero-order chi connectivity index (χ0) is 19.2. The van der Waals surface area contributed by atoms with E-state index in [4.69, 9.17) is 11.6 Å². The van der Waals surface area contributed by atoms with Crippen molar-refractivity contribution in [2.45, 2.75) is 39.3 Å². The van der Waals surface area contributed by atoms with Crippen LogP contribution in [-0.2, 0) is 10.3 Å². The first-order valence-corrected chi connectivity index (χ1v) is 8.79. The van der Waals surface area contributed by atoms with Gasteiger partial charge in [-0.05, 0) is 57.0 Å². The summed E-state index contributed by atoms with van der Waals surface area (Å²) in [5, 5.41) is 0.00822. The summed E-state index contributed by atoms with van der Waals surface area (Å²) in [7, 11) is 0. The normalized spacial score (nSPS) is 18.0. The van der Waals surface area contributed by atoms with E-state index >= 15 is 0 Å². The maximum atomic E-state index is 14.3. The summed E-state index contributed by atoms with van der Waals surface area (Å²) in [6.07, 6.45) is 0. The molecule has 2 nitrogen and oxygen atoms in total. The summed E-state index contributed by atoms with van der Waals surface area (Å²) in [5.74, 6) is -1.18. The highest BCUT2D eigenvalue weighted by Crippen LogP contribution is 2.42. The number of amides is 1. The highest BCUT2D eigenvalue weighted by atomic mass is 35.5. The molecule has 1 heterocycles. The fourth-order valence-corrected chi connectivity index (χ4v) is 3.79. The molecule has 0 saturated heterocycles. The molecular weight excluding hydrogens is 356 g/mol. The average Bonchev–Trinajstić information content (AvgIpc) is 2.80. The van der Waals surface area contributed by atoms with Gasteiger partial charge in [0.05, 0.1) is 22.2 Å². The summed E-state index contributed by atoms with van der Waals surface area (Å²) in [6.45, 7) is 7.51. The van der Waals surface area contributed by atoms with E-state index in [1.165, 1.54) is 18.2 Å². The molecule has 0 saturated carbocycles. The number of hydrogen-bond donors (Lipinski definition) is 0. The number of rotatable bonds is 3. The van der Waals surface area contributed by atoms with Crippen molar-refractivity contribution in [2.24, 2.45) is 0 Å². The van der Waals surface area contributed by atoms with Crippen molar-refractivity contribution in [3.05, 3.63) is 75.8 Å². The van der Waals surface area contributed by atoms with Gasteiger partial charge >= 0.3 is 0 Å². The molecule has 136 valence electrons. The Labute approximate surface area is 157 Å². The lowest BCUT2D eigenvalue weighted by Gasteiger charge is -2.40. The van der Waals surface area contributed by atoms with Crippen molar-refractivity contribution in [1.29, 1.82) is 0 Å². The maximum Gasteiger partial charge on any atom is 0.255 e. The van der Waals surface area contributed by atoms with E-state index in [0.717, 1.165) is 5.57 Å². The van der Waals surface area contributed by atoms with Crippen molar-refractivity contribution in [1.82, 2.24) is 4.90 Å². The quantitative estimate of drug-likeness (QED) is 0.688. The van der Waals surface area contributed by atoms with Crippen LogP contribution in [0.1, 0.15) is 38.8 Å². The van der Waals surface area contributed by atoms with Crippen LogP contribution in [0.25, 0.3) is 5.57 Å². The lowest BCUT2D eigenvalue weighted by Crippen LogP contribution is -2.47. The largest absolute Gasteiger partial charge is 0.323 e. The van der Waals surface area contributed by atoms with Gasteiger partial charge < -0.3 is 4.90 Å². The molecule has 3 rings (SSSR count). The smallest absolute Gasteiger partial charge is 0.255 e. The number of halogens is 3. The van der Waals surface area contributed by atoms with Crippen LogP contribution in [0, 0.1) is 11.6 Å². The first-order valence-electron chi connectivity index (χ1n) is 8.41. The highest BCUT2D eigenvalue weighted by molar-refractivity contribution is 6.30. The SMILES string of the molecule is CC1=C(c2ccccc2F)C(=O)N(C(C)(C)c2ccc(F)c(Cl)c2)C1C. The van der Waals surface area contributed by atoms with E-state index in [0.29, 0.717) is 16.7 Å². The Morgan fingerprint density at radius 1 is 1.08 bits per heavy atom. The second kappa shape index (κ2) is 6.51. The van der Waals surface area contributed by atoms with Crippen LogP contribution in [0.4, 0.5) is 8.78 Å². The van der Waals surface area contributed by atoms with Gasteiger partial charge in [0, 0.05) is 5.56 Å². The molecule has 1 amide bonds. The zero-order valence-corrected chi connectivity index (χ0v) is 15.9. The Morgan fingerprint density at radius 3 is 2.35 bits per heavy atom. The van der Waals surface area contributed by atoms with Gasteiger partial charge in [0.15, 0.2) is 0 Å². The Morgan fingerprint density at radius 2 is 1.73 bits per heavy atom. The van der Waals surface area contributed by atoms with E-state index in [-0.39, 0.29) is 17.0 Å². The second-order valence-corrected chi connectivity index (χ2v) is 7.48. The van der Waals surface area contributed by atoms with E-state index in [2.05, 4.69) is 0 Å². The molecule has 26 heavy (non-hydrogen) atoms. The molecule has 0 bridgehead atoms. The predicted molar refractivity (Wildman–Crippen MR) is 99.7 cm³/mol. The first kappa shape index (κ1) is 18.6. The van der Waals surface area contributed by atoms with Crippen LogP contribution in [0.15, 0.2) is 48.0 Å². The number of nitrogens with zero attached hydrogens (tertiary/aromatic N) is 1. The Hall–Kier alpha value is -2.20. The van der Waals surface area contributed by atoms with E-state index < -0.39 is 17.2 Å². The fraction of sp³-hybridized carbons (Fsp3) is 0.286. The van der Waals surface area contributed by atoms with Gasteiger partial charge in [-0.3, -0.25) is 4.79 Å². The molecule has 0 fully saturated rings. The lowest BCUT2D eigenvalue weighted by atomic mass is 9.91. The minimum atomic E-state index is -0.748. The van der Waals surface area contributed by atoms with Crippen LogP contribution in [-0.4, -0.2) is 16.8 Å². The van der Waals surface area contributed by atoms with Crippen LogP contribution in [0.5, 0.6) is 0 Å². The van der Waals surface area contributed by atoms with Crippen LogP contribution < -0.4 is 0 Å². The molecule has 0 N–H and O–H groups in total. The third kappa shape index (κ3) is 2.82. The molecule has 0 radical (unpaired) electrons. The van der Waals surface area contributed by atoms with Gasteiger partial charge in [0.2, 0.25) is 0 Å². The summed E-state index contributed by atoms with van der Waals surface area (Å²) in [6, 6.07) is 10.5. The van der Waals surface area contributed by atoms with E-state index in [9.17, 15) is 13.6 Å². The molecular formula is C21H20ClF2NO. The van der Waals surface area contributed by atoms with Crippen LogP contribution in [0.2, 0.25) is 5.02 Å². The van der Waals surface area contributed by atoms with Gasteiger partial charge in [-0.2, -0.15) is 0 Å². The van der Waals surface area contributed by atoms with Crippen molar-refractivity contribution >= 4 is 23.1 Å². The average molecular weight is 376 g/mol. The number of hydrogen-bond acceptors (Lipinski definition) is 1. The molecule has 1 atom stereocenters. The molecule has 5 heteroatoms. The Bertz CT molecular complexity index is 920. The molecule has 1 aliphatic rings. The van der Waals surface area contributed by atoms with Crippen molar-refractivity contribution in [3.8, 4) is 0 Å². The molecule has 1 unspecified atom stereocenters. The van der Waals surface area contributed by atoms with Crippen molar-refractivity contribution in [2.75, 3.05) is 0 Å². The van der Waals surface area contributed by atoms with Gasteiger partial charge in [0.1, 0.15) is 11.6 Å². The summed E-state index contributed by atoms with van der Waals surface area (Å²) >= 11 is 5.93. The fourth-order valence-electron chi connectivity index (χ4n) is 3.61. The molecule has 0 aliphatic carbocycles. The zero-order valence-electron chi connectivity index (χ0n) is 15.1. The third-order valence-corrected chi connectivity index (χ3v) is 5.50. The van der Waals surface area contributed by atoms with E-state index in [1.54, 1.807) is 29.2 Å². The minimum absolute atomic E-state index is 0.00822. The molecule has 2 aromatic rings.